The van der Waals surface area contributed by atoms with Crippen LogP contribution in [0.2, 0.25) is 0 Å². The van der Waals surface area contributed by atoms with Crippen LogP contribution in [0.4, 0.5) is 10.1 Å². The van der Waals surface area contributed by atoms with Crippen molar-refractivity contribution in [2.75, 3.05) is 18.1 Å². The van der Waals surface area contributed by atoms with Gasteiger partial charge in [0, 0.05) is 11.6 Å². The number of rotatable bonds is 6. The predicted molar refractivity (Wildman–Crippen MR) is 111 cm³/mol. The third-order valence-electron chi connectivity index (χ3n) is 3.77. The zero-order valence-electron chi connectivity index (χ0n) is 14.9. The highest BCUT2D eigenvalue weighted by Crippen LogP contribution is 2.38. The van der Waals surface area contributed by atoms with Crippen LogP contribution in [0.3, 0.4) is 0 Å². The van der Waals surface area contributed by atoms with E-state index in [1.54, 1.807) is 24.3 Å². The standard InChI is InChI=1S/C20H18FNO3S2/c1-3-24-14-10-9-13(17(12-14)25-4-2)11-18-19(23)22(20(26)27-18)16-8-6-5-7-15(16)21/h5-12H,3-4H2,1-2H3/b18-11-. The van der Waals surface area contributed by atoms with Crippen LogP contribution < -0.4 is 14.4 Å². The molecule has 0 saturated carbocycles. The van der Waals surface area contributed by atoms with Gasteiger partial charge in [-0.15, -0.1) is 0 Å². The molecule has 0 radical (unpaired) electrons. The number of halogens is 1. The summed E-state index contributed by atoms with van der Waals surface area (Å²) in [5.41, 5.74) is 0.884. The van der Waals surface area contributed by atoms with E-state index in [1.807, 2.05) is 26.0 Å². The summed E-state index contributed by atoms with van der Waals surface area (Å²) in [6.45, 7) is 4.82. The number of nitrogens with zero attached hydrogens (tertiary/aromatic N) is 1. The molecule has 1 heterocycles. The van der Waals surface area contributed by atoms with Gasteiger partial charge in [-0.2, -0.15) is 0 Å². The fraction of sp³-hybridized carbons (Fsp3) is 0.200. The SMILES string of the molecule is CCOc1ccc(/C=C2\SC(=S)N(c3ccccc3F)C2=O)c(OCC)c1. The number of benzene rings is 2. The molecule has 0 aliphatic carbocycles. The third kappa shape index (κ3) is 4.14. The number of hydrogen-bond donors (Lipinski definition) is 0. The highest BCUT2D eigenvalue weighted by molar-refractivity contribution is 8.27. The number of amides is 1. The Kier molecular flexibility index (Phi) is 6.13. The second-order valence-electron chi connectivity index (χ2n) is 5.53. The highest BCUT2D eigenvalue weighted by atomic mass is 32.2. The lowest BCUT2D eigenvalue weighted by Gasteiger charge is -2.15. The van der Waals surface area contributed by atoms with Crippen LogP contribution in [0.15, 0.2) is 47.4 Å². The van der Waals surface area contributed by atoms with Gasteiger partial charge < -0.3 is 9.47 Å². The van der Waals surface area contributed by atoms with Crippen molar-refractivity contribution in [3.63, 3.8) is 0 Å². The average Bonchev–Trinajstić information content (AvgIpc) is 2.92. The lowest BCUT2D eigenvalue weighted by molar-refractivity contribution is -0.113. The van der Waals surface area contributed by atoms with Gasteiger partial charge in [0.15, 0.2) is 4.32 Å². The summed E-state index contributed by atoms with van der Waals surface area (Å²) in [4.78, 5) is 14.5. The second kappa shape index (κ2) is 8.54. The summed E-state index contributed by atoms with van der Waals surface area (Å²) in [6, 6.07) is 11.5. The van der Waals surface area contributed by atoms with Gasteiger partial charge in [-0.1, -0.05) is 36.1 Å². The van der Waals surface area contributed by atoms with Crippen LogP contribution in [0, 0.1) is 5.82 Å². The summed E-state index contributed by atoms with van der Waals surface area (Å²) in [6.07, 6.45) is 1.71. The Morgan fingerprint density at radius 3 is 2.59 bits per heavy atom. The molecule has 3 rings (SSSR count). The molecular weight excluding hydrogens is 385 g/mol. The van der Waals surface area contributed by atoms with Crippen molar-refractivity contribution in [3.05, 3.63) is 58.8 Å². The van der Waals surface area contributed by atoms with Crippen LogP contribution in [-0.4, -0.2) is 23.4 Å². The van der Waals surface area contributed by atoms with E-state index in [0.29, 0.717) is 33.9 Å². The first-order valence-corrected chi connectivity index (χ1v) is 9.69. The fourth-order valence-corrected chi connectivity index (χ4v) is 3.90. The Balaban J connectivity index is 1.95. The van der Waals surface area contributed by atoms with Crippen LogP contribution in [-0.2, 0) is 4.79 Å². The van der Waals surface area contributed by atoms with Gasteiger partial charge in [-0.05, 0) is 44.2 Å². The Morgan fingerprint density at radius 1 is 1.15 bits per heavy atom. The van der Waals surface area contributed by atoms with Gasteiger partial charge in [-0.3, -0.25) is 9.69 Å². The summed E-state index contributed by atoms with van der Waals surface area (Å²) < 4.78 is 25.6. The van der Waals surface area contributed by atoms with Gasteiger partial charge in [0.1, 0.15) is 17.3 Å². The monoisotopic (exact) mass is 403 g/mol. The van der Waals surface area contributed by atoms with Gasteiger partial charge in [0.05, 0.1) is 23.8 Å². The predicted octanol–water partition coefficient (Wildman–Crippen LogP) is 5.03. The van der Waals surface area contributed by atoms with E-state index >= 15 is 0 Å². The summed E-state index contributed by atoms with van der Waals surface area (Å²) >= 11 is 6.44. The van der Waals surface area contributed by atoms with Crippen molar-refractivity contribution in [1.29, 1.82) is 0 Å². The number of para-hydroxylation sites is 1. The van der Waals surface area contributed by atoms with Crippen molar-refractivity contribution in [2.24, 2.45) is 0 Å². The molecule has 0 N–H and O–H groups in total. The van der Waals surface area contributed by atoms with E-state index in [2.05, 4.69) is 0 Å². The molecule has 1 saturated heterocycles. The van der Waals surface area contributed by atoms with Gasteiger partial charge >= 0.3 is 0 Å². The summed E-state index contributed by atoms with van der Waals surface area (Å²) in [5.74, 6) is 0.453. The van der Waals surface area contributed by atoms with E-state index in [0.717, 1.165) is 17.3 Å². The molecule has 0 bridgehead atoms. The molecule has 27 heavy (non-hydrogen) atoms. The first-order valence-electron chi connectivity index (χ1n) is 8.47. The topological polar surface area (TPSA) is 38.8 Å². The van der Waals surface area contributed by atoms with Gasteiger partial charge in [0.2, 0.25) is 0 Å². The third-order valence-corrected chi connectivity index (χ3v) is 5.07. The van der Waals surface area contributed by atoms with E-state index < -0.39 is 5.82 Å². The largest absolute Gasteiger partial charge is 0.494 e. The molecule has 7 heteroatoms. The van der Waals surface area contributed by atoms with Crippen LogP contribution in [0.5, 0.6) is 11.5 Å². The smallest absolute Gasteiger partial charge is 0.270 e. The maximum Gasteiger partial charge on any atom is 0.270 e. The van der Waals surface area contributed by atoms with Crippen molar-refractivity contribution in [3.8, 4) is 11.5 Å². The molecule has 1 aliphatic heterocycles. The van der Waals surface area contributed by atoms with Gasteiger partial charge in [0.25, 0.3) is 5.91 Å². The van der Waals surface area contributed by atoms with E-state index in [9.17, 15) is 9.18 Å². The molecule has 0 atom stereocenters. The quantitative estimate of drug-likeness (QED) is 0.500. The number of thiocarbonyl (C=S) groups is 1. The second-order valence-corrected chi connectivity index (χ2v) is 7.21. The van der Waals surface area contributed by atoms with Crippen molar-refractivity contribution in [1.82, 2.24) is 0 Å². The van der Waals surface area contributed by atoms with Crippen LogP contribution in [0.25, 0.3) is 6.08 Å². The summed E-state index contributed by atoms with van der Waals surface area (Å²) in [7, 11) is 0. The van der Waals surface area contributed by atoms with Crippen LogP contribution in [0.1, 0.15) is 19.4 Å². The fourth-order valence-electron chi connectivity index (χ4n) is 2.62. The molecule has 1 fully saturated rings. The van der Waals surface area contributed by atoms with E-state index in [1.165, 1.54) is 17.0 Å². The normalized spacial score (nSPS) is 15.5. The molecule has 2 aromatic carbocycles. The summed E-state index contributed by atoms with van der Waals surface area (Å²) in [5, 5.41) is 0. The zero-order chi connectivity index (χ0) is 19.4. The molecule has 140 valence electrons. The van der Waals surface area contributed by atoms with E-state index in [-0.39, 0.29) is 11.6 Å². The number of thioether (sulfide) groups is 1. The number of carbonyl (C=O) groups excluding carboxylic acids is 1. The molecular formula is C20H18FNO3S2. The molecule has 2 aromatic rings. The average molecular weight is 404 g/mol. The van der Waals surface area contributed by atoms with Crippen molar-refractivity contribution in [2.45, 2.75) is 13.8 Å². The van der Waals surface area contributed by atoms with Crippen molar-refractivity contribution >= 4 is 46.0 Å². The molecule has 1 aliphatic rings. The zero-order valence-corrected chi connectivity index (χ0v) is 16.5. The molecule has 1 amide bonds. The number of carbonyl (C=O) groups is 1. The lowest BCUT2D eigenvalue weighted by Crippen LogP contribution is -2.28. The van der Waals surface area contributed by atoms with Crippen molar-refractivity contribution < 1.29 is 18.7 Å². The minimum atomic E-state index is -0.494. The molecule has 0 unspecified atom stereocenters. The number of ether oxygens (including phenoxy) is 2. The molecule has 0 spiro atoms. The minimum Gasteiger partial charge on any atom is -0.494 e. The molecule has 0 aromatic heterocycles. The Hall–Kier alpha value is -2.38. The minimum absolute atomic E-state index is 0.153. The molecule has 4 nitrogen and oxygen atoms in total. The Morgan fingerprint density at radius 2 is 1.89 bits per heavy atom. The van der Waals surface area contributed by atoms with E-state index in [4.69, 9.17) is 21.7 Å². The number of hydrogen-bond acceptors (Lipinski definition) is 5. The highest BCUT2D eigenvalue weighted by Gasteiger charge is 2.34. The maximum absolute atomic E-state index is 14.1. The van der Waals surface area contributed by atoms with Gasteiger partial charge in [-0.25, -0.2) is 4.39 Å². The van der Waals surface area contributed by atoms with Crippen LogP contribution >= 0.6 is 24.0 Å². The lowest BCUT2D eigenvalue weighted by atomic mass is 10.1. The maximum atomic E-state index is 14.1. The first-order chi connectivity index (χ1) is 13.0. The first kappa shape index (κ1) is 19.4. The Bertz CT molecular complexity index is 914. The Labute approximate surface area is 167 Å². The number of anilines is 1.